The third kappa shape index (κ3) is 13.8. The minimum absolute atomic E-state index is 0.177. The molecule has 9 heteroatoms. The molecule has 0 radical (unpaired) electrons. The Balaban J connectivity index is 0.779. The van der Waals surface area contributed by atoms with E-state index in [1.165, 1.54) is 12.1 Å². The van der Waals surface area contributed by atoms with Crippen LogP contribution in [0, 0.1) is 13.8 Å². The smallest absolute Gasteiger partial charge is 0.336 e. The number of ether oxygens (including phenoxy) is 4. The van der Waals surface area contributed by atoms with Gasteiger partial charge in [-0.2, -0.15) is 0 Å². The Morgan fingerprint density at radius 1 is 0.441 bits per heavy atom. The Labute approximate surface area is 346 Å². The molecule has 0 aliphatic heterocycles. The summed E-state index contributed by atoms with van der Waals surface area (Å²) >= 11 is 0. The van der Waals surface area contributed by atoms with Crippen LogP contribution < -0.4 is 30.2 Å². The number of aryl methyl sites for hydroxylation is 2. The maximum Gasteiger partial charge on any atom is 0.336 e. The Morgan fingerprint density at radius 3 is 1.34 bits per heavy atom. The largest absolute Gasteiger partial charge is 0.508 e. The van der Waals surface area contributed by atoms with E-state index in [9.17, 15) is 14.7 Å². The normalized spacial score (nSPS) is 11.4. The lowest BCUT2D eigenvalue weighted by atomic mass is 10.1. The zero-order valence-corrected chi connectivity index (χ0v) is 34.3. The molecule has 0 amide bonds. The summed E-state index contributed by atoms with van der Waals surface area (Å²) in [6, 6.07) is 27.7. The van der Waals surface area contributed by atoms with E-state index in [4.69, 9.17) is 27.8 Å². The van der Waals surface area contributed by atoms with Crippen molar-refractivity contribution < 1.29 is 32.9 Å². The van der Waals surface area contributed by atoms with E-state index in [1.54, 1.807) is 24.3 Å². The van der Waals surface area contributed by atoms with Gasteiger partial charge in [0.25, 0.3) is 0 Å². The zero-order valence-electron chi connectivity index (χ0n) is 34.3. The number of phenolic OH excluding ortho intramolecular Hbond substituents is 1. The summed E-state index contributed by atoms with van der Waals surface area (Å²) in [5.41, 5.74) is 4.15. The second-order valence-corrected chi connectivity index (χ2v) is 15.1. The monoisotopic (exact) mass is 800 g/mol. The van der Waals surface area contributed by atoms with Crippen LogP contribution in [0.4, 0.5) is 0 Å². The van der Waals surface area contributed by atoms with Gasteiger partial charge in [-0.15, -0.1) is 0 Å². The molecule has 4 aromatic carbocycles. The molecule has 2 heterocycles. The van der Waals surface area contributed by atoms with Crippen molar-refractivity contribution in [1.82, 2.24) is 0 Å². The summed E-state index contributed by atoms with van der Waals surface area (Å²) < 4.78 is 34.3. The number of benzene rings is 4. The lowest BCUT2D eigenvalue weighted by molar-refractivity contribution is 0.296. The summed E-state index contributed by atoms with van der Waals surface area (Å²) in [4.78, 5) is 23.3. The van der Waals surface area contributed by atoms with Gasteiger partial charge in [-0.05, 0) is 110 Å². The molecule has 0 saturated carbocycles. The number of unbranched alkanes of at least 4 members (excludes halogenated alkanes) is 10. The lowest BCUT2D eigenvalue weighted by Crippen LogP contribution is -2.00. The van der Waals surface area contributed by atoms with Gasteiger partial charge < -0.3 is 32.9 Å². The standard InChI is InChI=1S/C50H56O9/c1-36-29-49(52)58-47-34-42(21-23-45(36)47)55-26-12-8-4-3-7-11-25-54-41-19-17-38(18-20-41)15-16-39-31-40(51)33-44(32-39)57-28-14-10-6-5-9-13-27-56-43-22-24-46-37(2)30-50(53)59-48(46)35-43/h15-24,29-35,51H,3-14,25-28H2,1-2H3/b16-15+. The molecule has 6 rings (SSSR count). The van der Waals surface area contributed by atoms with Crippen LogP contribution in [0.15, 0.2) is 109 Å². The van der Waals surface area contributed by atoms with Crippen molar-refractivity contribution in [2.24, 2.45) is 0 Å². The van der Waals surface area contributed by atoms with Crippen molar-refractivity contribution in [2.45, 2.75) is 90.9 Å². The van der Waals surface area contributed by atoms with E-state index in [-0.39, 0.29) is 17.0 Å². The fourth-order valence-corrected chi connectivity index (χ4v) is 7.03. The van der Waals surface area contributed by atoms with Crippen molar-refractivity contribution in [3.05, 3.63) is 134 Å². The highest BCUT2D eigenvalue weighted by Gasteiger charge is 2.07. The fourth-order valence-electron chi connectivity index (χ4n) is 7.03. The van der Waals surface area contributed by atoms with Gasteiger partial charge in [-0.3, -0.25) is 0 Å². The van der Waals surface area contributed by atoms with Crippen molar-refractivity contribution in [3.63, 3.8) is 0 Å². The molecule has 0 spiro atoms. The van der Waals surface area contributed by atoms with Crippen LogP contribution in [0.1, 0.15) is 99.3 Å². The van der Waals surface area contributed by atoms with Crippen LogP contribution in [0.25, 0.3) is 34.1 Å². The molecule has 0 aliphatic rings. The Bertz CT molecular complexity index is 2390. The molecule has 6 aromatic rings. The van der Waals surface area contributed by atoms with Crippen LogP contribution in [0.2, 0.25) is 0 Å². The number of fused-ring (bicyclic) bond motifs is 2. The van der Waals surface area contributed by atoms with E-state index < -0.39 is 0 Å². The van der Waals surface area contributed by atoms with Gasteiger partial charge in [0.1, 0.15) is 39.9 Å². The molecular weight excluding hydrogens is 745 g/mol. The number of phenols is 1. The predicted octanol–water partition coefficient (Wildman–Crippen LogP) is 12.0. The number of rotatable bonds is 24. The molecule has 0 bridgehead atoms. The van der Waals surface area contributed by atoms with Crippen LogP contribution in [-0.4, -0.2) is 31.5 Å². The van der Waals surface area contributed by atoms with Crippen LogP contribution in [0.3, 0.4) is 0 Å². The Hall–Kier alpha value is -5.96. The summed E-state index contributed by atoms with van der Waals surface area (Å²) in [7, 11) is 0. The van der Waals surface area contributed by atoms with E-state index in [0.717, 1.165) is 122 Å². The molecule has 9 nitrogen and oxygen atoms in total. The van der Waals surface area contributed by atoms with Crippen molar-refractivity contribution in [1.29, 1.82) is 0 Å². The topological polar surface area (TPSA) is 118 Å². The lowest BCUT2D eigenvalue weighted by Gasteiger charge is -2.09. The third-order valence-electron chi connectivity index (χ3n) is 10.3. The highest BCUT2D eigenvalue weighted by atomic mass is 16.5. The van der Waals surface area contributed by atoms with Gasteiger partial charge in [-0.25, -0.2) is 9.59 Å². The minimum Gasteiger partial charge on any atom is -0.508 e. The van der Waals surface area contributed by atoms with Gasteiger partial charge in [0.2, 0.25) is 0 Å². The van der Waals surface area contributed by atoms with Gasteiger partial charge in [-0.1, -0.05) is 75.7 Å². The van der Waals surface area contributed by atoms with Gasteiger partial charge in [0.15, 0.2) is 0 Å². The first-order valence-corrected chi connectivity index (χ1v) is 21.0. The molecule has 0 saturated heterocycles. The van der Waals surface area contributed by atoms with Gasteiger partial charge in [0.05, 0.1) is 26.4 Å². The first-order chi connectivity index (χ1) is 28.8. The number of aromatic hydroxyl groups is 1. The summed E-state index contributed by atoms with van der Waals surface area (Å²) in [6.45, 7) is 6.36. The zero-order chi connectivity index (χ0) is 41.2. The molecule has 0 unspecified atom stereocenters. The SMILES string of the molecule is Cc1cc(=O)oc2cc(OCCCCCCCCOc3ccc(/C=C/c4cc(O)cc(OCCCCCCCCOc5ccc6c(C)cc(=O)oc6c5)c4)cc3)ccc12. The fraction of sp³-hybridized carbons (Fsp3) is 0.360. The molecule has 1 N–H and O–H groups in total. The number of hydrogen-bond acceptors (Lipinski definition) is 9. The predicted molar refractivity (Wildman–Crippen MR) is 235 cm³/mol. The van der Waals surface area contributed by atoms with E-state index >= 15 is 0 Å². The van der Waals surface area contributed by atoms with E-state index in [1.807, 2.05) is 80.6 Å². The molecule has 2 aromatic heterocycles. The van der Waals surface area contributed by atoms with Crippen LogP contribution in [0.5, 0.6) is 28.7 Å². The summed E-state index contributed by atoms with van der Waals surface area (Å²) in [6.07, 6.45) is 16.8. The summed E-state index contributed by atoms with van der Waals surface area (Å²) in [5, 5.41) is 12.2. The Morgan fingerprint density at radius 2 is 0.847 bits per heavy atom. The number of hydrogen-bond donors (Lipinski definition) is 1. The average molecular weight is 801 g/mol. The first kappa shape index (κ1) is 42.6. The van der Waals surface area contributed by atoms with Crippen molar-refractivity contribution >= 4 is 34.1 Å². The van der Waals surface area contributed by atoms with E-state index in [2.05, 4.69) is 0 Å². The quantitative estimate of drug-likeness (QED) is 0.0362. The summed E-state index contributed by atoms with van der Waals surface area (Å²) in [5.74, 6) is 3.13. The Kier molecular flexibility index (Phi) is 16.1. The second kappa shape index (κ2) is 22.3. The van der Waals surface area contributed by atoms with Gasteiger partial charge in [0, 0.05) is 41.1 Å². The molecule has 0 fully saturated rings. The minimum atomic E-state index is -0.346. The molecule has 0 atom stereocenters. The molecular formula is C50H56O9. The molecule has 310 valence electrons. The maximum atomic E-state index is 11.7. The molecule has 0 aliphatic carbocycles. The molecule has 59 heavy (non-hydrogen) atoms. The van der Waals surface area contributed by atoms with Crippen LogP contribution >= 0.6 is 0 Å². The second-order valence-electron chi connectivity index (χ2n) is 15.1. The van der Waals surface area contributed by atoms with E-state index in [0.29, 0.717) is 49.1 Å². The average Bonchev–Trinajstić information content (AvgIpc) is 3.21. The third-order valence-corrected chi connectivity index (χ3v) is 10.3. The van der Waals surface area contributed by atoms with Crippen molar-refractivity contribution in [3.8, 4) is 28.7 Å². The van der Waals surface area contributed by atoms with Gasteiger partial charge >= 0.3 is 11.3 Å². The highest BCUT2D eigenvalue weighted by molar-refractivity contribution is 5.82. The highest BCUT2D eigenvalue weighted by Crippen LogP contribution is 2.26. The van der Waals surface area contributed by atoms with Crippen molar-refractivity contribution in [2.75, 3.05) is 26.4 Å². The maximum absolute atomic E-state index is 11.7. The first-order valence-electron chi connectivity index (χ1n) is 21.0. The van der Waals surface area contributed by atoms with Crippen LogP contribution in [-0.2, 0) is 0 Å².